The van der Waals surface area contributed by atoms with Gasteiger partial charge in [-0.1, -0.05) is 40.2 Å². The Morgan fingerprint density at radius 2 is 1.48 bits per heavy atom. The minimum atomic E-state index is 0.924. The molecular weight excluding hydrogens is 352 g/mol. The van der Waals surface area contributed by atoms with Gasteiger partial charge in [0.05, 0.1) is 7.11 Å². The molecule has 3 rings (SSSR count). The van der Waals surface area contributed by atoms with E-state index in [1.165, 1.54) is 11.1 Å². The molecule has 0 bridgehead atoms. The van der Waals surface area contributed by atoms with Crippen LogP contribution in [0.5, 0.6) is 5.75 Å². The summed E-state index contributed by atoms with van der Waals surface area (Å²) >= 11 is 3.55. The first kappa shape index (κ1) is 16.5. The Morgan fingerprint density at radius 1 is 0.870 bits per heavy atom. The van der Waals surface area contributed by atoms with E-state index in [1.807, 2.05) is 12.1 Å². The quantitative estimate of drug-likeness (QED) is 0.791. The molecule has 1 fully saturated rings. The zero-order chi connectivity index (χ0) is 16.1. The first-order valence-electron chi connectivity index (χ1n) is 8.05. The van der Waals surface area contributed by atoms with Gasteiger partial charge in [-0.2, -0.15) is 0 Å². The summed E-state index contributed by atoms with van der Waals surface area (Å²) in [4.78, 5) is 5.06. The van der Waals surface area contributed by atoms with Crippen molar-refractivity contribution < 1.29 is 4.74 Å². The first-order valence-corrected chi connectivity index (χ1v) is 8.84. The van der Waals surface area contributed by atoms with Crippen molar-refractivity contribution in [2.45, 2.75) is 13.1 Å². The highest BCUT2D eigenvalue weighted by atomic mass is 79.9. The minimum absolute atomic E-state index is 0.924. The summed E-state index contributed by atoms with van der Waals surface area (Å²) in [6.07, 6.45) is 0. The third kappa shape index (κ3) is 4.80. The van der Waals surface area contributed by atoms with Gasteiger partial charge in [-0.25, -0.2) is 0 Å². The molecule has 1 heterocycles. The first-order chi connectivity index (χ1) is 11.2. The van der Waals surface area contributed by atoms with E-state index in [-0.39, 0.29) is 0 Å². The summed E-state index contributed by atoms with van der Waals surface area (Å²) in [6.45, 7) is 6.57. The minimum Gasteiger partial charge on any atom is -0.497 e. The molecule has 0 aromatic heterocycles. The molecule has 0 amide bonds. The molecule has 122 valence electrons. The molecule has 0 aliphatic carbocycles. The van der Waals surface area contributed by atoms with E-state index in [0.29, 0.717) is 0 Å². The van der Waals surface area contributed by atoms with Gasteiger partial charge in [0.1, 0.15) is 5.75 Å². The average molecular weight is 375 g/mol. The van der Waals surface area contributed by atoms with Crippen LogP contribution in [0.3, 0.4) is 0 Å². The van der Waals surface area contributed by atoms with Crippen LogP contribution in [0.1, 0.15) is 11.1 Å². The summed E-state index contributed by atoms with van der Waals surface area (Å²) in [5.74, 6) is 0.924. The molecule has 1 saturated heterocycles. The Morgan fingerprint density at radius 3 is 2.04 bits per heavy atom. The molecule has 0 N–H and O–H groups in total. The number of rotatable bonds is 5. The van der Waals surface area contributed by atoms with Gasteiger partial charge >= 0.3 is 0 Å². The Balaban J connectivity index is 1.48. The van der Waals surface area contributed by atoms with Gasteiger partial charge in [0, 0.05) is 43.7 Å². The average Bonchev–Trinajstić information content (AvgIpc) is 2.57. The molecule has 0 radical (unpaired) electrons. The molecule has 2 aromatic carbocycles. The van der Waals surface area contributed by atoms with Gasteiger partial charge in [-0.05, 0) is 35.4 Å². The Bertz CT molecular complexity index is 622. The predicted octanol–water partition coefficient (Wildman–Crippen LogP) is 3.78. The second-order valence-corrected chi connectivity index (χ2v) is 6.95. The van der Waals surface area contributed by atoms with Crippen LogP contribution in [-0.4, -0.2) is 43.1 Å². The lowest BCUT2D eigenvalue weighted by Gasteiger charge is -2.34. The van der Waals surface area contributed by atoms with Crippen molar-refractivity contribution in [1.29, 1.82) is 0 Å². The fourth-order valence-corrected chi connectivity index (χ4v) is 3.43. The highest BCUT2D eigenvalue weighted by molar-refractivity contribution is 9.10. The second-order valence-electron chi connectivity index (χ2n) is 6.03. The Labute approximate surface area is 147 Å². The summed E-state index contributed by atoms with van der Waals surface area (Å²) < 4.78 is 6.37. The van der Waals surface area contributed by atoms with Crippen LogP contribution >= 0.6 is 15.9 Å². The molecule has 2 aromatic rings. The SMILES string of the molecule is COc1ccc(CN2CCN(Cc3cccc(Br)c3)CC2)cc1. The van der Waals surface area contributed by atoms with Crippen molar-refractivity contribution in [1.82, 2.24) is 9.80 Å². The molecule has 4 heteroatoms. The number of hydrogen-bond acceptors (Lipinski definition) is 3. The fourth-order valence-electron chi connectivity index (χ4n) is 2.99. The summed E-state index contributed by atoms with van der Waals surface area (Å²) in [5, 5.41) is 0. The summed E-state index contributed by atoms with van der Waals surface area (Å²) in [7, 11) is 1.71. The van der Waals surface area contributed by atoms with Crippen molar-refractivity contribution >= 4 is 15.9 Å². The summed E-state index contributed by atoms with van der Waals surface area (Å²) in [6, 6.07) is 17.0. The summed E-state index contributed by atoms with van der Waals surface area (Å²) in [5.41, 5.74) is 2.73. The van der Waals surface area contributed by atoms with Gasteiger partial charge in [0.2, 0.25) is 0 Å². The topological polar surface area (TPSA) is 15.7 Å². The number of halogens is 1. The van der Waals surface area contributed by atoms with E-state index in [4.69, 9.17) is 4.74 Å². The Hall–Kier alpha value is -1.36. The van der Waals surface area contributed by atoms with Crippen LogP contribution in [0.2, 0.25) is 0 Å². The van der Waals surface area contributed by atoms with Crippen molar-refractivity contribution in [2.75, 3.05) is 33.3 Å². The highest BCUT2D eigenvalue weighted by Crippen LogP contribution is 2.16. The maximum Gasteiger partial charge on any atom is 0.118 e. The molecular formula is C19H23BrN2O. The third-order valence-electron chi connectivity index (χ3n) is 4.33. The zero-order valence-electron chi connectivity index (χ0n) is 13.5. The fraction of sp³-hybridized carbons (Fsp3) is 0.368. The molecule has 23 heavy (non-hydrogen) atoms. The maximum atomic E-state index is 5.21. The number of benzene rings is 2. The van der Waals surface area contributed by atoms with E-state index >= 15 is 0 Å². The van der Waals surface area contributed by atoms with Crippen molar-refractivity contribution in [3.05, 3.63) is 64.1 Å². The van der Waals surface area contributed by atoms with Gasteiger partial charge in [-0.15, -0.1) is 0 Å². The standard InChI is InChI=1S/C19H23BrN2O/c1-23-19-7-5-16(6-8-19)14-21-9-11-22(12-10-21)15-17-3-2-4-18(20)13-17/h2-8,13H,9-12,14-15H2,1H3. The highest BCUT2D eigenvalue weighted by Gasteiger charge is 2.17. The van der Waals surface area contributed by atoms with Crippen molar-refractivity contribution in [3.63, 3.8) is 0 Å². The van der Waals surface area contributed by atoms with Gasteiger partial charge in [0.25, 0.3) is 0 Å². The van der Waals surface area contributed by atoms with E-state index in [2.05, 4.69) is 62.1 Å². The van der Waals surface area contributed by atoms with Crippen molar-refractivity contribution in [3.8, 4) is 5.75 Å². The molecule has 0 saturated carbocycles. The lowest BCUT2D eigenvalue weighted by molar-refractivity contribution is 0.122. The van der Waals surface area contributed by atoms with E-state index in [0.717, 1.165) is 49.5 Å². The van der Waals surface area contributed by atoms with E-state index < -0.39 is 0 Å². The monoisotopic (exact) mass is 374 g/mol. The zero-order valence-corrected chi connectivity index (χ0v) is 15.1. The third-order valence-corrected chi connectivity index (χ3v) is 4.82. The lowest BCUT2D eigenvalue weighted by atomic mass is 10.1. The lowest BCUT2D eigenvalue weighted by Crippen LogP contribution is -2.45. The van der Waals surface area contributed by atoms with Crippen LogP contribution in [0, 0.1) is 0 Å². The number of piperazine rings is 1. The number of methoxy groups -OCH3 is 1. The van der Waals surface area contributed by atoms with Crippen LogP contribution in [0.15, 0.2) is 53.0 Å². The molecule has 0 atom stereocenters. The number of nitrogens with zero attached hydrogens (tertiary/aromatic N) is 2. The molecule has 3 nitrogen and oxygen atoms in total. The second kappa shape index (κ2) is 7.95. The largest absolute Gasteiger partial charge is 0.497 e. The Kier molecular flexibility index (Phi) is 5.70. The van der Waals surface area contributed by atoms with Crippen LogP contribution < -0.4 is 4.74 Å². The van der Waals surface area contributed by atoms with Crippen molar-refractivity contribution in [2.24, 2.45) is 0 Å². The normalized spacial score (nSPS) is 16.4. The van der Waals surface area contributed by atoms with Crippen LogP contribution in [-0.2, 0) is 13.1 Å². The van der Waals surface area contributed by atoms with Crippen LogP contribution in [0.4, 0.5) is 0 Å². The van der Waals surface area contributed by atoms with Gasteiger partial charge in [0.15, 0.2) is 0 Å². The van der Waals surface area contributed by atoms with E-state index in [9.17, 15) is 0 Å². The predicted molar refractivity (Wildman–Crippen MR) is 97.7 cm³/mol. The molecule has 0 unspecified atom stereocenters. The molecule has 1 aliphatic rings. The number of hydrogen-bond donors (Lipinski definition) is 0. The van der Waals surface area contributed by atoms with Gasteiger partial charge < -0.3 is 4.74 Å². The molecule has 0 spiro atoms. The van der Waals surface area contributed by atoms with Crippen LogP contribution in [0.25, 0.3) is 0 Å². The molecule has 1 aliphatic heterocycles. The van der Waals surface area contributed by atoms with E-state index in [1.54, 1.807) is 7.11 Å². The smallest absolute Gasteiger partial charge is 0.118 e. The maximum absolute atomic E-state index is 5.21. The van der Waals surface area contributed by atoms with Gasteiger partial charge in [-0.3, -0.25) is 9.80 Å². The number of ether oxygens (including phenoxy) is 1.